The maximum Gasteiger partial charge on any atom is 0.242 e. The van der Waals surface area contributed by atoms with Crippen LogP contribution in [0.3, 0.4) is 0 Å². The average molecular weight is 565 g/mol. The summed E-state index contributed by atoms with van der Waals surface area (Å²) in [6, 6.07) is 12.0. The Bertz CT molecular complexity index is 1260. The van der Waals surface area contributed by atoms with Crippen molar-refractivity contribution in [1.29, 1.82) is 0 Å². The number of sulfonamides is 1. The maximum atomic E-state index is 12.4. The van der Waals surface area contributed by atoms with Gasteiger partial charge >= 0.3 is 0 Å². The van der Waals surface area contributed by atoms with Gasteiger partial charge in [-0.3, -0.25) is 0 Å². The third-order valence-corrected chi connectivity index (χ3v) is 7.19. The third kappa shape index (κ3) is 7.04. The van der Waals surface area contributed by atoms with Crippen LogP contribution in [-0.4, -0.2) is 64.2 Å². The number of hydrogen-bond acceptors (Lipinski definition) is 9. The van der Waals surface area contributed by atoms with Crippen LogP contribution in [0.5, 0.6) is 11.5 Å². The van der Waals surface area contributed by atoms with Gasteiger partial charge in [-0.2, -0.15) is 4.98 Å². The van der Waals surface area contributed by atoms with Gasteiger partial charge < -0.3 is 25.0 Å². The fraction of sp³-hybridized carbons (Fsp3) is 0.304. The maximum absolute atomic E-state index is 12.4. The summed E-state index contributed by atoms with van der Waals surface area (Å²) < 4.78 is 39.0. The molecule has 2 aromatic carbocycles. The van der Waals surface area contributed by atoms with Gasteiger partial charge in [-0.15, -0.1) is 0 Å². The molecule has 0 spiro atoms. The lowest BCUT2D eigenvalue weighted by atomic mass is 10.2. The first-order valence-corrected chi connectivity index (χ1v) is 13.1. The lowest BCUT2D eigenvalue weighted by Gasteiger charge is -2.16. The van der Waals surface area contributed by atoms with Crippen LogP contribution in [0.2, 0.25) is 0 Å². The molecule has 0 saturated carbocycles. The Balaban J connectivity index is 1.84. The van der Waals surface area contributed by atoms with Crippen LogP contribution in [0.1, 0.15) is 6.92 Å². The number of benzene rings is 2. The lowest BCUT2D eigenvalue weighted by Crippen LogP contribution is -2.23. The molecule has 0 radical (unpaired) electrons. The summed E-state index contributed by atoms with van der Waals surface area (Å²) in [5, 5.41) is 6.23. The van der Waals surface area contributed by atoms with E-state index in [0.29, 0.717) is 39.8 Å². The quantitative estimate of drug-likeness (QED) is 0.300. The lowest BCUT2D eigenvalue weighted by molar-refractivity contribution is 0.243. The van der Waals surface area contributed by atoms with E-state index in [4.69, 9.17) is 9.47 Å². The molecule has 12 heteroatoms. The van der Waals surface area contributed by atoms with Crippen LogP contribution in [0.4, 0.5) is 23.1 Å². The van der Waals surface area contributed by atoms with Gasteiger partial charge in [0.1, 0.15) is 28.8 Å². The number of ether oxygens (including phenoxy) is 2. The number of rotatable bonds is 12. The number of likely N-dealkylation sites (N-methyl/N-ethyl adjacent to an activating group) is 1. The summed E-state index contributed by atoms with van der Waals surface area (Å²) in [6.45, 7) is 4.39. The minimum Gasteiger partial charge on any atom is -0.495 e. The molecule has 0 aliphatic carbocycles. The molecule has 188 valence electrons. The highest BCUT2D eigenvalue weighted by Crippen LogP contribution is 2.33. The van der Waals surface area contributed by atoms with Crippen LogP contribution in [0.15, 0.2) is 58.0 Å². The summed E-state index contributed by atoms with van der Waals surface area (Å²) in [4.78, 5) is 11.1. The molecule has 3 aromatic rings. The van der Waals surface area contributed by atoms with E-state index in [1.54, 1.807) is 37.6 Å². The zero-order valence-corrected chi connectivity index (χ0v) is 22.4. The summed E-state index contributed by atoms with van der Waals surface area (Å²) in [7, 11) is 1.30. The van der Waals surface area contributed by atoms with E-state index in [2.05, 4.69) is 53.1 Å². The molecular weight excluding hydrogens is 536 g/mol. The number of halogens is 1. The van der Waals surface area contributed by atoms with Gasteiger partial charge in [0.15, 0.2) is 0 Å². The fourth-order valence-corrected chi connectivity index (χ4v) is 4.21. The van der Waals surface area contributed by atoms with Gasteiger partial charge in [0.05, 0.1) is 23.0 Å². The van der Waals surface area contributed by atoms with Gasteiger partial charge in [0, 0.05) is 18.8 Å². The van der Waals surface area contributed by atoms with Crippen molar-refractivity contribution in [3.8, 4) is 11.5 Å². The largest absolute Gasteiger partial charge is 0.495 e. The van der Waals surface area contributed by atoms with Crippen molar-refractivity contribution in [1.82, 2.24) is 19.6 Å². The summed E-state index contributed by atoms with van der Waals surface area (Å²) in [5.74, 6) is 1.94. The highest BCUT2D eigenvalue weighted by atomic mass is 79.9. The van der Waals surface area contributed by atoms with Crippen molar-refractivity contribution >= 4 is 49.1 Å². The zero-order valence-electron chi connectivity index (χ0n) is 20.0. The molecule has 10 nitrogen and oxygen atoms in total. The second-order valence-electron chi connectivity index (χ2n) is 7.45. The SMILES string of the molecule is CCN(C)CCOc1ccc(OC)c(Nc2ncc(Br)c(Nc3ccccc3S(=O)(=O)NC)n2)c1. The molecule has 3 N–H and O–H groups in total. The molecule has 0 atom stereocenters. The molecule has 0 bridgehead atoms. The normalized spacial score (nSPS) is 11.4. The smallest absolute Gasteiger partial charge is 0.242 e. The van der Waals surface area contributed by atoms with Gasteiger partial charge in [-0.25, -0.2) is 18.1 Å². The van der Waals surface area contributed by atoms with Crippen molar-refractivity contribution in [3.05, 3.63) is 53.1 Å². The second-order valence-corrected chi connectivity index (χ2v) is 10.2. The number of methoxy groups -OCH3 is 1. The Morgan fingerprint density at radius 3 is 2.60 bits per heavy atom. The summed E-state index contributed by atoms with van der Waals surface area (Å²) >= 11 is 3.42. The highest BCUT2D eigenvalue weighted by molar-refractivity contribution is 9.10. The van der Waals surface area contributed by atoms with E-state index in [9.17, 15) is 8.42 Å². The van der Waals surface area contributed by atoms with Gasteiger partial charge in [0.25, 0.3) is 0 Å². The van der Waals surface area contributed by atoms with E-state index in [1.807, 2.05) is 19.2 Å². The molecule has 1 heterocycles. The first-order valence-electron chi connectivity index (χ1n) is 10.9. The van der Waals surface area contributed by atoms with Crippen LogP contribution in [0, 0.1) is 0 Å². The van der Waals surface area contributed by atoms with Crippen molar-refractivity contribution < 1.29 is 17.9 Å². The Morgan fingerprint density at radius 2 is 1.89 bits per heavy atom. The topological polar surface area (TPSA) is 118 Å². The van der Waals surface area contributed by atoms with Crippen molar-refractivity contribution in [2.75, 3.05) is 51.5 Å². The Hall–Kier alpha value is -2.93. The minimum absolute atomic E-state index is 0.0998. The van der Waals surface area contributed by atoms with E-state index in [1.165, 1.54) is 13.1 Å². The van der Waals surface area contributed by atoms with E-state index in [-0.39, 0.29) is 10.8 Å². The predicted molar refractivity (Wildman–Crippen MR) is 141 cm³/mol. The number of anilines is 4. The van der Waals surface area contributed by atoms with Gasteiger partial charge in [0.2, 0.25) is 16.0 Å². The fourth-order valence-electron chi connectivity index (χ4n) is 3.03. The van der Waals surface area contributed by atoms with Crippen LogP contribution >= 0.6 is 15.9 Å². The van der Waals surface area contributed by atoms with Gasteiger partial charge in [-0.05, 0) is 60.8 Å². The number of aromatic nitrogens is 2. The highest BCUT2D eigenvalue weighted by Gasteiger charge is 2.18. The third-order valence-electron chi connectivity index (χ3n) is 5.14. The average Bonchev–Trinajstić information content (AvgIpc) is 2.86. The first kappa shape index (κ1) is 26.7. The van der Waals surface area contributed by atoms with Gasteiger partial charge in [-0.1, -0.05) is 19.1 Å². The Kier molecular flexibility index (Phi) is 9.26. The summed E-state index contributed by atoms with van der Waals surface area (Å²) in [6.07, 6.45) is 1.57. The molecule has 0 unspecified atom stereocenters. The molecule has 3 rings (SSSR count). The number of para-hydroxylation sites is 1. The van der Waals surface area contributed by atoms with E-state index in [0.717, 1.165) is 13.1 Å². The molecular formula is C23H29BrN6O4S. The second kappa shape index (κ2) is 12.2. The molecule has 35 heavy (non-hydrogen) atoms. The van der Waals surface area contributed by atoms with Crippen LogP contribution in [0.25, 0.3) is 0 Å². The molecule has 1 aromatic heterocycles. The standard InChI is InChI=1S/C23H29BrN6O4S/c1-5-30(3)12-13-34-16-10-11-20(33-4)19(14-16)28-23-26-15-17(24)22(29-23)27-18-8-6-7-9-21(18)35(31,32)25-2/h6-11,14-15,25H,5,12-13H2,1-4H3,(H2,26,27,28,29). The molecule has 0 fully saturated rings. The van der Waals surface area contributed by atoms with Crippen LogP contribution in [-0.2, 0) is 10.0 Å². The minimum atomic E-state index is -3.67. The Labute approximate surface area is 214 Å². The monoisotopic (exact) mass is 564 g/mol. The Morgan fingerprint density at radius 1 is 1.11 bits per heavy atom. The molecule has 0 saturated heterocycles. The van der Waals surface area contributed by atoms with Crippen molar-refractivity contribution in [3.63, 3.8) is 0 Å². The first-order chi connectivity index (χ1) is 16.8. The molecule has 0 aliphatic heterocycles. The van der Waals surface area contributed by atoms with E-state index >= 15 is 0 Å². The van der Waals surface area contributed by atoms with Crippen molar-refractivity contribution in [2.24, 2.45) is 0 Å². The molecule has 0 amide bonds. The van der Waals surface area contributed by atoms with Crippen LogP contribution < -0.4 is 24.8 Å². The van der Waals surface area contributed by atoms with Crippen molar-refractivity contribution in [2.45, 2.75) is 11.8 Å². The molecule has 0 aliphatic rings. The predicted octanol–water partition coefficient (Wildman–Crippen LogP) is 3.97. The van der Waals surface area contributed by atoms with E-state index < -0.39 is 10.0 Å². The zero-order chi connectivity index (χ0) is 25.4. The number of hydrogen-bond donors (Lipinski definition) is 3. The number of nitrogens with one attached hydrogen (secondary N) is 3. The number of nitrogens with zero attached hydrogens (tertiary/aromatic N) is 3. The summed E-state index contributed by atoms with van der Waals surface area (Å²) in [5.41, 5.74) is 0.998.